The molecule has 0 aliphatic carbocycles. The second kappa shape index (κ2) is 10.5. The average Bonchev–Trinajstić information content (AvgIpc) is 2.82. The molecule has 3 rings (SSSR count). The molecule has 11 nitrogen and oxygen atoms in total. The van der Waals surface area contributed by atoms with Crippen LogP contribution in [0, 0.1) is 0 Å². The first-order valence-electron chi connectivity index (χ1n) is 10.8. The summed E-state index contributed by atoms with van der Waals surface area (Å²) in [7, 11) is -1.53. The number of para-hydroxylation sites is 1. The number of nitrogens with one attached hydrogen (secondary N) is 1. The number of carbonyl (C=O) groups is 3. The van der Waals surface area contributed by atoms with Gasteiger partial charge < -0.3 is 25.0 Å². The molecular formula is C21H30N4O7S. The third kappa shape index (κ3) is 5.45. The highest BCUT2D eigenvalue weighted by molar-refractivity contribution is 7.89. The Kier molecular flexibility index (Phi) is 7.92. The molecule has 0 saturated carbocycles. The van der Waals surface area contributed by atoms with E-state index in [9.17, 15) is 22.8 Å². The molecule has 0 unspecified atom stereocenters. The van der Waals surface area contributed by atoms with Crippen molar-refractivity contribution >= 4 is 33.4 Å². The van der Waals surface area contributed by atoms with Gasteiger partial charge in [0, 0.05) is 33.2 Å². The smallest absolute Gasteiger partial charge is 0.250 e. The number of methoxy groups -OCH3 is 2. The maximum atomic E-state index is 13.2. The number of hydrogen-bond acceptors (Lipinski definition) is 7. The molecular weight excluding hydrogens is 452 g/mol. The predicted molar refractivity (Wildman–Crippen MR) is 119 cm³/mol. The first-order valence-corrected chi connectivity index (χ1v) is 12.3. The Morgan fingerprint density at radius 1 is 1.15 bits per heavy atom. The second-order valence-electron chi connectivity index (χ2n) is 8.03. The number of carbonyl (C=O) groups excluding carboxylic acids is 3. The Morgan fingerprint density at radius 3 is 2.42 bits per heavy atom. The van der Waals surface area contributed by atoms with E-state index in [1.165, 1.54) is 29.0 Å². The van der Waals surface area contributed by atoms with E-state index in [1.54, 1.807) is 13.2 Å². The van der Waals surface area contributed by atoms with Gasteiger partial charge in [0.25, 0.3) is 0 Å². The lowest BCUT2D eigenvalue weighted by Gasteiger charge is -2.33. The fourth-order valence-corrected chi connectivity index (χ4v) is 5.48. The first kappa shape index (κ1) is 24.9. The van der Waals surface area contributed by atoms with Gasteiger partial charge in [0.2, 0.25) is 27.7 Å². The minimum absolute atomic E-state index is 0.00210. The van der Waals surface area contributed by atoms with E-state index < -0.39 is 27.9 Å². The van der Waals surface area contributed by atoms with E-state index in [1.807, 2.05) is 0 Å². The standard InChI is InChI=1S/C21H30N4O7S/c1-31-14-9-12-24(13-10-14)21(28)18(20(22)27)23-33(29,30)16-7-5-6-15(19(16)32-2)25-11-4-3-8-17(25)26/h5-7,14,18,23H,3-4,8-13H2,1-2H3,(H2,22,27)/t18-/m0/s1. The van der Waals surface area contributed by atoms with Crippen LogP contribution in [-0.4, -0.2) is 77.0 Å². The zero-order chi connectivity index (χ0) is 24.2. The van der Waals surface area contributed by atoms with Crippen molar-refractivity contribution < 1.29 is 32.3 Å². The number of nitrogens with zero attached hydrogens (tertiary/aromatic N) is 2. The average molecular weight is 483 g/mol. The van der Waals surface area contributed by atoms with Crippen LogP contribution in [0.5, 0.6) is 5.75 Å². The second-order valence-corrected chi connectivity index (χ2v) is 9.71. The molecule has 3 amide bonds. The summed E-state index contributed by atoms with van der Waals surface area (Å²) in [5, 5.41) is 0. The zero-order valence-corrected chi connectivity index (χ0v) is 19.6. The van der Waals surface area contributed by atoms with Crippen molar-refractivity contribution in [3.63, 3.8) is 0 Å². The minimum Gasteiger partial charge on any atom is -0.493 e. The van der Waals surface area contributed by atoms with Crippen molar-refractivity contribution in [3.05, 3.63) is 18.2 Å². The number of sulfonamides is 1. The van der Waals surface area contributed by atoms with Gasteiger partial charge in [-0.2, -0.15) is 4.72 Å². The van der Waals surface area contributed by atoms with E-state index in [2.05, 4.69) is 4.72 Å². The fourth-order valence-electron chi connectivity index (χ4n) is 4.14. The molecule has 2 fully saturated rings. The zero-order valence-electron chi connectivity index (χ0n) is 18.8. The van der Waals surface area contributed by atoms with Crippen molar-refractivity contribution in [2.45, 2.75) is 49.1 Å². The molecule has 1 atom stereocenters. The number of amides is 3. The third-order valence-electron chi connectivity index (χ3n) is 5.96. The van der Waals surface area contributed by atoms with E-state index in [-0.39, 0.29) is 22.7 Å². The summed E-state index contributed by atoms with van der Waals surface area (Å²) in [5.41, 5.74) is 5.71. The molecule has 0 spiro atoms. The van der Waals surface area contributed by atoms with Gasteiger partial charge in [-0.05, 0) is 37.8 Å². The Labute approximate surface area is 193 Å². The Bertz CT molecular complexity index is 1010. The van der Waals surface area contributed by atoms with Crippen LogP contribution in [0.15, 0.2) is 23.1 Å². The number of primary amides is 1. The topological polar surface area (TPSA) is 148 Å². The lowest BCUT2D eigenvalue weighted by molar-refractivity contribution is -0.139. The van der Waals surface area contributed by atoms with Gasteiger partial charge in [0.1, 0.15) is 4.90 Å². The van der Waals surface area contributed by atoms with E-state index in [0.717, 1.165) is 12.8 Å². The van der Waals surface area contributed by atoms with Crippen LogP contribution in [0.2, 0.25) is 0 Å². The molecule has 0 aromatic heterocycles. The van der Waals surface area contributed by atoms with Crippen molar-refractivity contribution in [1.82, 2.24) is 9.62 Å². The quantitative estimate of drug-likeness (QED) is 0.495. The molecule has 0 radical (unpaired) electrons. The van der Waals surface area contributed by atoms with Crippen molar-refractivity contribution in [3.8, 4) is 5.75 Å². The maximum absolute atomic E-state index is 13.2. The summed E-state index contributed by atoms with van der Waals surface area (Å²) in [4.78, 5) is 40.0. The van der Waals surface area contributed by atoms with Gasteiger partial charge >= 0.3 is 0 Å². The minimum atomic E-state index is -4.41. The first-order chi connectivity index (χ1) is 15.7. The summed E-state index contributed by atoms with van der Waals surface area (Å²) >= 11 is 0. The summed E-state index contributed by atoms with van der Waals surface area (Å²) in [6.07, 6.45) is 3.04. The number of nitrogens with two attached hydrogens (primary N) is 1. The number of rotatable bonds is 8. The van der Waals surface area contributed by atoms with E-state index in [4.69, 9.17) is 15.2 Å². The molecule has 2 heterocycles. The molecule has 3 N–H and O–H groups in total. The summed E-state index contributed by atoms with van der Waals surface area (Å²) < 4.78 is 39.3. The maximum Gasteiger partial charge on any atom is 0.250 e. The third-order valence-corrected chi connectivity index (χ3v) is 7.40. The van der Waals surface area contributed by atoms with Gasteiger partial charge in [-0.1, -0.05) is 6.07 Å². The van der Waals surface area contributed by atoms with Gasteiger partial charge in [0.15, 0.2) is 11.8 Å². The molecule has 12 heteroatoms. The molecule has 2 aliphatic heterocycles. The molecule has 33 heavy (non-hydrogen) atoms. The monoisotopic (exact) mass is 482 g/mol. The van der Waals surface area contributed by atoms with Crippen LogP contribution in [0.3, 0.4) is 0 Å². The Balaban J connectivity index is 1.88. The fraction of sp³-hybridized carbons (Fsp3) is 0.571. The number of anilines is 1. The van der Waals surface area contributed by atoms with Gasteiger partial charge in [0.05, 0.1) is 18.9 Å². The molecule has 2 aliphatic rings. The van der Waals surface area contributed by atoms with Crippen molar-refractivity contribution in [2.24, 2.45) is 5.73 Å². The SMILES string of the molecule is COc1c(N2CCCCC2=O)cccc1S(=O)(=O)N[C@@H](C(N)=O)C(=O)N1CCC(OC)CC1. The molecule has 1 aromatic rings. The van der Waals surface area contributed by atoms with Crippen LogP contribution in [0.4, 0.5) is 5.69 Å². The molecule has 1 aromatic carbocycles. The number of benzene rings is 1. The molecule has 2 saturated heterocycles. The highest BCUT2D eigenvalue weighted by atomic mass is 32.2. The highest BCUT2D eigenvalue weighted by Gasteiger charge is 2.37. The number of piperidine rings is 2. The lowest BCUT2D eigenvalue weighted by atomic mass is 10.1. The number of ether oxygens (including phenoxy) is 2. The number of hydrogen-bond donors (Lipinski definition) is 2. The van der Waals surface area contributed by atoms with Gasteiger partial charge in [-0.15, -0.1) is 0 Å². The van der Waals surface area contributed by atoms with Crippen LogP contribution in [0.1, 0.15) is 32.1 Å². The van der Waals surface area contributed by atoms with Gasteiger partial charge in [-0.3, -0.25) is 14.4 Å². The Hall–Kier alpha value is -2.70. The largest absolute Gasteiger partial charge is 0.493 e. The Morgan fingerprint density at radius 2 is 1.85 bits per heavy atom. The van der Waals surface area contributed by atoms with Gasteiger partial charge in [-0.25, -0.2) is 8.42 Å². The summed E-state index contributed by atoms with van der Waals surface area (Å²) in [6.45, 7) is 1.07. The summed E-state index contributed by atoms with van der Waals surface area (Å²) in [6, 6.07) is 2.58. The normalized spacial score (nSPS) is 18.8. The van der Waals surface area contributed by atoms with Crippen molar-refractivity contribution in [2.75, 3.05) is 38.8 Å². The number of likely N-dealkylation sites (tertiary alicyclic amines) is 1. The van der Waals surface area contributed by atoms with E-state index >= 15 is 0 Å². The lowest BCUT2D eigenvalue weighted by Crippen LogP contribution is -2.56. The van der Waals surface area contributed by atoms with Crippen LogP contribution >= 0.6 is 0 Å². The predicted octanol–water partition coefficient (Wildman–Crippen LogP) is -0.0183. The van der Waals surface area contributed by atoms with Crippen LogP contribution in [-0.2, 0) is 29.1 Å². The van der Waals surface area contributed by atoms with Crippen molar-refractivity contribution in [1.29, 1.82) is 0 Å². The van der Waals surface area contributed by atoms with Crippen LogP contribution < -0.4 is 20.1 Å². The van der Waals surface area contributed by atoms with Crippen LogP contribution in [0.25, 0.3) is 0 Å². The summed E-state index contributed by atoms with van der Waals surface area (Å²) in [5.74, 6) is -2.01. The van der Waals surface area contributed by atoms with E-state index in [0.29, 0.717) is 44.6 Å². The highest BCUT2D eigenvalue weighted by Crippen LogP contribution is 2.36. The molecule has 182 valence electrons. The molecule has 0 bridgehead atoms.